The number of allylic oxidation sites excluding steroid dienone is 1. The fraction of sp³-hybridized carbons (Fsp3) is 0.429. The second-order valence-corrected chi connectivity index (χ2v) is 10.3. The lowest BCUT2D eigenvalue weighted by atomic mass is 9.74. The summed E-state index contributed by atoms with van der Waals surface area (Å²) in [6.45, 7) is 6.36. The average Bonchev–Trinajstić information content (AvgIpc) is 3.21. The van der Waals surface area contributed by atoms with Crippen molar-refractivity contribution in [2.24, 2.45) is 5.92 Å². The van der Waals surface area contributed by atoms with Crippen LogP contribution in [0.25, 0.3) is 0 Å². The van der Waals surface area contributed by atoms with E-state index in [4.69, 9.17) is 25.8 Å². The normalized spacial score (nSPS) is 23.5. The summed E-state index contributed by atoms with van der Waals surface area (Å²) in [5.41, 5.74) is 1.50. The minimum absolute atomic E-state index is 0.0611. The Labute approximate surface area is 222 Å². The number of ether oxygens (including phenoxy) is 3. The molecule has 0 bridgehead atoms. The van der Waals surface area contributed by atoms with Gasteiger partial charge in [0.25, 0.3) is 0 Å². The lowest BCUT2D eigenvalue weighted by molar-refractivity contribution is -0.117. The molecule has 1 saturated heterocycles. The molecule has 196 valence electrons. The van der Waals surface area contributed by atoms with Crippen LogP contribution in [0.2, 0.25) is 5.02 Å². The summed E-state index contributed by atoms with van der Waals surface area (Å²) in [7, 11) is 5.11. The molecule has 1 fully saturated rings. The fourth-order valence-electron chi connectivity index (χ4n) is 5.41. The molecule has 0 amide bonds. The molecule has 1 N–H and O–H groups in total. The molecule has 8 nitrogen and oxygen atoms in total. The van der Waals surface area contributed by atoms with Gasteiger partial charge < -0.3 is 29.3 Å². The first-order valence-electron chi connectivity index (χ1n) is 12.5. The second-order valence-electron chi connectivity index (χ2n) is 9.91. The van der Waals surface area contributed by atoms with E-state index in [0.29, 0.717) is 23.7 Å². The van der Waals surface area contributed by atoms with Crippen LogP contribution >= 0.6 is 11.6 Å². The van der Waals surface area contributed by atoms with E-state index < -0.39 is 11.5 Å². The molecule has 0 radical (unpaired) electrons. The van der Waals surface area contributed by atoms with Crippen molar-refractivity contribution in [2.75, 3.05) is 52.3 Å². The highest BCUT2D eigenvalue weighted by molar-refractivity contribution is 6.35. The summed E-state index contributed by atoms with van der Waals surface area (Å²) in [6, 6.07) is 9.95. The highest BCUT2D eigenvalue weighted by atomic mass is 35.5. The number of anilines is 1. The molecule has 2 atom stereocenters. The molecule has 0 aromatic heterocycles. The highest BCUT2D eigenvalue weighted by Crippen LogP contribution is 2.54. The smallest absolute Gasteiger partial charge is 0.220 e. The third-order valence-electron chi connectivity index (χ3n) is 7.61. The molecule has 2 aliphatic heterocycles. The van der Waals surface area contributed by atoms with Crippen molar-refractivity contribution in [2.45, 2.75) is 25.5 Å². The Bertz CT molecular complexity index is 1250. The maximum atomic E-state index is 14.0. The number of carbonyl (C=O) groups is 2. The fourth-order valence-corrected chi connectivity index (χ4v) is 5.67. The van der Waals surface area contributed by atoms with Crippen molar-refractivity contribution in [1.29, 1.82) is 0 Å². The lowest BCUT2D eigenvalue weighted by Gasteiger charge is -2.38. The average molecular weight is 526 g/mol. The van der Waals surface area contributed by atoms with Gasteiger partial charge in [-0.3, -0.25) is 9.59 Å². The van der Waals surface area contributed by atoms with Crippen molar-refractivity contribution in [3.8, 4) is 17.2 Å². The number of carbonyl (C=O) groups excluding carboxylic acids is 2. The number of hydrogen-bond donors (Lipinski definition) is 1. The van der Waals surface area contributed by atoms with E-state index >= 15 is 0 Å². The van der Waals surface area contributed by atoms with Gasteiger partial charge in [0.2, 0.25) is 11.4 Å². The maximum Gasteiger partial charge on any atom is 0.220 e. The van der Waals surface area contributed by atoms with E-state index in [-0.39, 0.29) is 34.3 Å². The topological polar surface area (TPSA) is 80.3 Å². The molecule has 1 aliphatic carbocycles. The predicted octanol–water partition coefficient (Wildman–Crippen LogP) is 3.71. The van der Waals surface area contributed by atoms with Crippen molar-refractivity contribution in [3.05, 3.63) is 58.3 Å². The number of benzene rings is 2. The quantitative estimate of drug-likeness (QED) is 0.611. The molecule has 2 aromatic carbocycles. The van der Waals surface area contributed by atoms with Gasteiger partial charge in [-0.25, -0.2) is 0 Å². The molecule has 9 heteroatoms. The van der Waals surface area contributed by atoms with Gasteiger partial charge in [0, 0.05) is 62.9 Å². The summed E-state index contributed by atoms with van der Waals surface area (Å²) in [4.78, 5) is 31.3. The number of nitrogens with zero attached hydrogens (tertiary/aromatic N) is 2. The summed E-state index contributed by atoms with van der Waals surface area (Å²) >= 11 is 6.56. The number of likely N-dealkylation sites (N-methyl/N-ethyl adjacent to an activating group) is 1. The van der Waals surface area contributed by atoms with Crippen LogP contribution in [-0.4, -0.2) is 69.5 Å². The number of hydrogen-bond acceptors (Lipinski definition) is 8. The predicted molar refractivity (Wildman–Crippen MR) is 142 cm³/mol. The largest absolute Gasteiger partial charge is 0.496 e. The van der Waals surface area contributed by atoms with Gasteiger partial charge >= 0.3 is 0 Å². The van der Waals surface area contributed by atoms with E-state index in [1.165, 1.54) is 26.0 Å². The first-order valence-corrected chi connectivity index (χ1v) is 12.9. The van der Waals surface area contributed by atoms with Crippen LogP contribution in [0.5, 0.6) is 17.2 Å². The number of Topliss-reactive ketones (excluding diaryl/α,β-unsaturated/α-hetero) is 1. The zero-order chi connectivity index (χ0) is 26.3. The van der Waals surface area contributed by atoms with Crippen LogP contribution in [-0.2, 0) is 11.3 Å². The van der Waals surface area contributed by atoms with E-state index in [9.17, 15) is 9.59 Å². The van der Waals surface area contributed by atoms with Gasteiger partial charge in [-0.05, 0) is 24.7 Å². The summed E-state index contributed by atoms with van der Waals surface area (Å²) in [5, 5.41) is 3.55. The molecular formula is C28H32ClN3O5. The van der Waals surface area contributed by atoms with Crippen LogP contribution in [0.4, 0.5) is 5.69 Å². The molecule has 1 spiro atoms. The zero-order valence-electron chi connectivity index (χ0n) is 21.6. The lowest BCUT2D eigenvalue weighted by Crippen LogP contribution is -2.54. The van der Waals surface area contributed by atoms with Crippen LogP contribution in [0.1, 0.15) is 29.3 Å². The first kappa shape index (κ1) is 25.4. The summed E-state index contributed by atoms with van der Waals surface area (Å²) < 4.78 is 17.3. The van der Waals surface area contributed by atoms with Crippen molar-refractivity contribution in [3.63, 3.8) is 0 Å². The molecule has 0 unspecified atom stereocenters. The number of fused-ring (bicyclic) bond motifs is 1. The van der Waals surface area contributed by atoms with Crippen LogP contribution in [0.3, 0.4) is 0 Å². The molecule has 37 heavy (non-hydrogen) atoms. The maximum absolute atomic E-state index is 14.0. The van der Waals surface area contributed by atoms with Crippen LogP contribution in [0, 0.1) is 5.92 Å². The van der Waals surface area contributed by atoms with Gasteiger partial charge in [-0.1, -0.05) is 30.7 Å². The van der Waals surface area contributed by atoms with E-state index in [2.05, 4.69) is 46.4 Å². The molecule has 2 heterocycles. The Morgan fingerprint density at radius 1 is 1.08 bits per heavy atom. The SMILES string of the molecule is COc1cc(OC)c2c(c1Cl)O[C@]1(C2=O)C(NCc2ccc(N3CCN(C)CC3)cc2)=CC(=O)C[C@H]1C. The molecular weight excluding hydrogens is 494 g/mol. The second kappa shape index (κ2) is 9.91. The van der Waals surface area contributed by atoms with Gasteiger partial charge in [0.15, 0.2) is 11.5 Å². The number of piperazine rings is 1. The Morgan fingerprint density at radius 3 is 2.41 bits per heavy atom. The standard InChI is InChI=1S/C28H32ClN3O5/c1-17-13-20(33)14-23(30-16-18-5-7-19(8-6-18)32-11-9-31(2)10-12-32)28(17)27(34)24-21(35-3)15-22(36-4)25(29)26(24)37-28/h5-8,14-15,17,30H,9-13,16H2,1-4H3/t17-,28+/m1/s1. The van der Waals surface area contributed by atoms with E-state index in [1.54, 1.807) is 6.07 Å². The number of halogens is 1. The molecule has 3 aliphatic rings. The summed E-state index contributed by atoms with van der Waals surface area (Å²) in [5.74, 6) is 0.121. The molecule has 5 rings (SSSR count). The van der Waals surface area contributed by atoms with Gasteiger partial charge in [-0.15, -0.1) is 0 Å². The molecule has 0 saturated carbocycles. The van der Waals surface area contributed by atoms with Crippen LogP contribution in [0.15, 0.2) is 42.1 Å². The third kappa shape index (κ3) is 4.32. The highest BCUT2D eigenvalue weighted by Gasteiger charge is 2.58. The van der Waals surface area contributed by atoms with Crippen LogP contribution < -0.4 is 24.4 Å². The van der Waals surface area contributed by atoms with Crippen molar-refractivity contribution < 1.29 is 23.8 Å². The minimum atomic E-state index is -1.40. The monoisotopic (exact) mass is 525 g/mol. The Hall–Kier alpha value is -3.23. The number of rotatable bonds is 6. The minimum Gasteiger partial charge on any atom is -0.496 e. The van der Waals surface area contributed by atoms with Gasteiger partial charge in [0.1, 0.15) is 22.1 Å². The number of methoxy groups -OCH3 is 2. The third-order valence-corrected chi connectivity index (χ3v) is 7.97. The summed E-state index contributed by atoms with van der Waals surface area (Å²) in [6.07, 6.45) is 1.67. The Morgan fingerprint density at radius 2 is 1.76 bits per heavy atom. The van der Waals surface area contributed by atoms with Crippen molar-refractivity contribution in [1.82, 2.24) is 10.2 Å². The number of nitrogens with one attached hydrogen (secondary N) is 1. The molecule has 2 aromatic rings. The Kier molecular flexibility index (Phi) is 6.81. The number of ketones is 2. The van der Waals surface area contributed by atoms with Gasteiger partial charge in [0.05, 0.1) is 19.9 Å². The van der Waals surface area contributed by atoms with E-state index in [1.807, 2.05) is 6.92 Å². The van der Waals surface area contributed by atoms with Gasteiger partial charge in [-0.2, -0.15) is 0 Å². The van der Waals surface area contributed by atoms with E-state index in [0.717, 1.165) is 31.7 Å². The van der Waals surface area contributed by atoms with Crippen molar-refractivity contribution >= 4 is 28.9 Å². The first-order chi connectivity index (χ1) is 17.8. The zero-order valence-corrected chi connectivity index (χ0v) is 22.4. The Balaban J connectivity index is 1.41.